The minimum absolute atomic E-state index is 0.0711. The molecule has 2 saturated heterocycles. The average molecular weight is 345 g/mol. The van der Waals surface area contributed by atoms with Crippen LogP contribution in [-0.2, 0) is 9.53 Å². The highest BCUT2D eigenvalue weighted by Gasteiger charge is 2.31. The van der Waals surface area contributed by atoms with E-state index in [1.165, 1.54) is 5.56 Å². The molecule has 2 aliphatic heterocycles. The number of hydrogen-bond donors (Lipinski definition) is 1. The van der Waals surface area contributed by atoms with Crippen LogP contribution in [0.5, 0.6) is 0 Å². The second kappa shape index (κ2) is 7.87. The summed E-state index contributed by atoms with van der Waals surface area (Å²) >= 11 is 0. The number of rotatable bonds is 3. The molecule has 0 spiro atoms. The van der Waals surface area contributed by atoms with Crippen LogP contribution in [0.25, 0.3) is 0 Å². The average Bonchev–Trinajstić information content (AvgIpc) is 3.16. The predicted molar refractivity (Wildman–Crippen MR) is 96.7 cm³/mol. The Labute approximate surface area is 149 Å². The van der Waals surface area contributed by atoms with Crippen molar-refractivity contribution in [3.63, 3.8) is 0 Å². The van der Waals surface area contributed by atoms with Crippen molar-refractivity contribution in [2.75, 3.05) is 38.1 Å². The van der Waals surface area contributed by atoms with Crippen molar-refractivity contribution in [2.24, 2.45) is 0 Å². The molecule has 3 amide bonds. The van der Waals surface area contributed by atoms with E-state index in [0.29, 0.717) is 38.7 Å². The number of benzene rings is 1. The second-order valence-corrected chi connectivity index (χ2v) is 7.02. The summed E-state index contributed by atoms with van der Waals surface area (Å²) < 4.78 is 5.46. The number of piperazine rings is 1. The highest BCUT2D eigenvalue weighted by molar-refractivity contribution is 5.89. The summed E-state index contributed by atoms with van der Waals surface area (Å²) in [5.41, 5.74) is 2.05. The fourth-order valence-electron chi connectivity index (χ4n) is 3.26. The summed E-state index contributed by atoms with van der Waals surface area (Å²) in [6.45, 7) is 7.20. The van der Waals surface area contributed by atoms with Gasteiger partial charge in [-0.15, -0.1) is 0 Å². The van der Waals surface area contributed by atoms with E-state index >= 15 is 0 Å². The molecule has 1 aromatic carbocycles. The molecular weight excluding hydrogens is 318 g/mol. The zero-order valence-corrected chi connectivity index (χ0v) is 15.0. The molecule has 3 rings (SSSR count). The Morgan fingerprint density at radius 1 is 1.08 bits per heavy atom. The number of urea groups is 1. The second-order valence-electron chi connectivity index (χ2n) is 7.02. The number of hydrogen-bond acceptors (Lipinski definition) is 3. The topological polar surface area (TPSA) is 61.9 Å². The van der Waals surface area contributed by atoms with Gasteiger partial charge in [0.15, 0.2) is 0 Å². The Hall–Kier alpha value is -2.08. The van der Waals surface area contributed by atoms with Crippen molar-refractivity contribution >= 4 is 17.6 Å². The molecule has 6 nitrogen and oxygen atoms in total. The zero-order chi connectivity index (χ0) is 17.8. The molecule has 2 fully saturated rings. The SMILES string of the molecule is CC(C)c1ccc(NC(=O)N2CCN(C(=O)[C@H]3CCCO3)CC2)cc1. The van der Waals surface area contributed by atoms with E-state index in [4.69, 9.17) is 4.74 Å². The van der Waals surface area contributed by atoms with Crippen molar-refractivity contribution in [1.29, 1.82) is 0 Å². The van der Waals surface area contributed by atoms with Gasteiger partial charge in [-0.1, -0.05) is 26.0 Å². The summed E-state index contributed by atoms with van der Waals surface area (Å²) in [6.07, 6.45) is 1.49. The quantitative estimate of drug-likeness (QED) is 0.916. The molecule has 2 aliphatic rings. The standard InChI is InChI=1S/C19H27N3O3/c1-14(2)15-5-7-16(8-6-15)20-19(24)22-11-9-21(10-12-22)18(23)17-4-3-13-25-17/h5-8,14,17H,3-4,9-13H2,1-2H3,(H,20,24)/t17-/m1/s1. The van der Waals surface area contributed by atoms with Crippen LogP contribution in [0, 0.1) is 0 Å². The van der Waals surface area contributed by atoms with Gasteiger partial charge in [-0.05, 0) is 36.5 Å². The number of anilines is 1. The number of nitrogens with zero attached hydrogens (tertiary/aromatic N) is 2. The molecule has 0 radical (unpaired) electrons. The molecule has 25 heavy (non-hydrogen) atoms. The van der Waals surface area contributed by atoms with Crippen molar-refractivity contribution in [3.05, 3.63) is 29.8 Å². The van der Waals surface area contributed by atoms with Gasteiger partial charge in [0.25, 0.3) is 5.91 Å². The third-order valence-corrected chi connectivity index (χ3v) is 4.91. The molecule has 0 aromatic heterocycles. The van der Waals surface area contributed by atoms with E-state index in [1.54, 1.807) is 4.90 Å². The minimum Gasteiger partial charge on any atom is -0.368 e. The van der Waals surface area contributed by atoms with Gasteiger partial charge in [-0.25, -0.2) is 4.79 Å². The monoisotopic (exact) mass is 345 g/mol. The fraction of sp³-hybridized carbons (Fsp3) is 0.579. The number of carbonyl (C=O) groups is 2. The lowest BCUT2D eigenvalue weighted by molar-refractivity contribution is -0.142. The summed E-state index contributed by atoms with van der Waals surface area (Å²) in [5.74, 6) is 0.543. The highest BCUT2D eigenvalue weighted by atomic mass is 16.5. The lowest BCUT2D eigenvalue weighted by Gasteiger charge is -2.35. The largest absolute Gasteiger partial charge is 0.368 e. The Morgan fingerprint density at radius 3 is 2.28 bits per heavy atom. The van der Waals surface area contributed by atoms with Crippen molar-refractivity contribution < 1.29 is 14.3 Å². The molecule has 1 aromatic rings. The first-order valence-corrected chi connectivity index (χ1v) is 9.11. The van der Waals surface area contributed by atoms with E-state index in [2.05, 4.69) is 19.2 Å². The first-order chi connectivity index (χ1) is 12.0. The van der Waals surface area contributed by atoms with Crippen molar-refractivity contribution in [3.8, 4) is 0 Å². The van der Waals surface area contributed by atoms with Crippen molar-refractivity contribution in [1.82, 2.24) is 9.80 Å². The first-order valence-electron chi connectivity index (χ1n) is 9.11. The summed E-state index contributed by atoms with van der Waals surface area (Å²) in [5, 5.41) is 2.94. The zero-order valence-electron chi connectivity index (χ0n) is 15.0. The lowest BCUT2D eigenvalue weighted by atomic mass is 10.0. The Balaban J connectivity index is 1.48. The minimum atomic E-state index is -0.278. The van der Waals surface area contributed by atoms with Crippen LogP contribution in [0.1, 0.15) is 38.2 Å². The molecule has 0 bridgehead atoms. The van der Waals surface area contributed by atoms with Gasteiger partial charge in [0.05, 0.1) is 0 Å². The van der Waals surface area contributed by atoms with Crippen LogP contribution < -0.4 is 5.32 Å². The molecule has 1 atom stereocenters. The normalized spacial score (nSPS) is 20.8. The fourth-order valence-corrected chi connectivity index (χ4v) is 3.26. The molecule has 1 N–H and O–H groups in total. The van der Waals surface area contributed by atoms with Gasteiger partial charge < -0.3 is 19.9 Å². The predicted octanol–water partition coefficient (Wildman–Crippen LogP) is 2.67. The Morgan fingerprint density at radius 2 is 1.72 bits per heavy atom. The smallest absolute Gasteiger partial charge is 0.321 e. The molecule has 2 heterocycles. The molecule has 0 aliphatic carbocycles. The van der Waals surface area contributed by atoms with Crippen LogP contribution in [0.15, 0.2) is 24.3 Å². The molecule has 0 unspecified atom stereocenters. The van der Waals surface area contributed by atoms with Crippen LogP contribution >= 0.6 is 0 Å². The first kappa shape index (κ1) is 17.7. The van der Waals surface area contributed by atoms with Gasteiger partial charge >= 0.3 is 6.03 Å². The molecular formula is C19H27N3O3. The number of nitrogens with one attached hydrogen (secondary N) is 1. The van der Waals surface area contributed by atoms with E-state index in [0.717, 1.165) is 18.5 Å². The lowest BCUT2D eigenvalue weighted by Crippen LogP contribution is -2.53. The van der Waals surface area contributed by atoms with Crippen molar-refractivity contribution in [2.45, 2.75) is 38.7 Å². The van der Waals surface area contributed by atoms with Crippen LogP contribution in [0.4, 0.5) is 10.5 Å². The van der Waals surface area contributed by atoms with E-state index in [9.17, 15) is 9.59 Å². The van der Waals surface area contributed by atoms with Crippen LogP contribution in [-0.4, -0.2) is 60.6 Å². The summed E-state index contributed by atoms with van der Waals surface area (Å²) in [4.78, 5) is 28.3. The Bertz CT molecular complexity index is 601. The molecule has 6 heteroatoms. The number of amides is 3. The van der Waals surface area contributed by atoms with E-state index in [1.807, 2.05) is 29.2 Å². The van der Waals surface area contributed by atoms with Gasteiger partial charge in [0, 0.05) is 38.5 Å². The van der Waals surface area contributed by atoms with Gasteiger partial charge in [0.1, 0.15) is 6.10 Å². The highest BCUT2D eigenvalue weighted by Crippen LogP contribution is 2.18. The van der Waals surface area contributed by atoms with E-state index < -0.39 is 0 Å². The maximum absolute atomic E-state index is 12.4. The maximum Gasteiger partial charge on any atom is 0.321 e. The summed E-state index contributed by atoms with van der Waals surface area (Å²) in [7, 11) is 0. The Kier molecular flexibility index (Phi) is 5.58. The molecule has 0 saturated carbocycles. The van der Waals surface area contributed by atoms with Gasteiger partial charge in [0.2, 0.25) is 0 Å². The van der Waals surface area contributed by atoms with E-state index in [-0.39, 0.29) is 18.0 Å². The number of ether oxygens (including phenoxy) is 1. The van der Waals surface area contributed by atoms with Gasteiger partial charge in [-0.3, -0.25) is 4.79 Å². The van der Waals surface area contributed by atoms with Crippen LogP contribution in [0.3, 0.4) is 0 Å². The third kappa shape index (κ3) is 4.31. The summed E-state index contributed by atoms with van der Waals surface area (Å²) in [6, 6.07) is 7.84. The van der Waals surface area contributed by atoms with Gasteiger partial charge in [-0.2, -0.15) is 0 Å². The maximum atomic E-state index is 12.4. The molecule has 136 valence electrons. The number of carbonyl (C=O) groups excluding carboxylic acids is 2. The van der Waals surface area contributed by atoms with Crippen LogP contribution in [0.2, 0.25) is 0 Å². The third-order valence-electron chi connectivity index (χ3n) is 4.91.